The molecule has 0 aliphatic heterocycles. The van der Waals surface area contributed by atoms with E-state index in [0.717, 1.165) is 11.3 Å². The molecule has 2 aromatic carbocycles. The van der Waals surface area contributed by atoms with E-state index >= 15 is 0 Å². The summed E-state index contributed by atoms with van der Waals surface area (Å²) in [6.45, 7) is 0.543. The van der Waals surface area contributed by atoms with Crippen molar-refractivity contribution < 1.29 is 4.79 Å². The molecule has 148 valence electrons. The number of para-hydroxylation sites is 2. The van der Waals surface area contributed by atoms with Crippen LogP contribution in [-0.2, 0) is 6.54 Å². The van der Waals surface area contributed by atoms with E-state index in [1.165, 1.54) is 0 Å². The summed E-state index contributed by atoms with van der Waals surface area (Å²) in [6.07, 6.45) is 6.88. The van der Waals surface area contributed by atoms with E-state index in [4.69, 9.17) is 5.73 Å². The third kappa shape index (κ3) is 4.41. The van der Waals surface area contributed by atoms with E-state index in [2.05, 4.69) is 20.3 Å². The monoisotopic (exact) mass is 396 g/mol. The number of anilines is 4. The van der Waals surface area contributed by atoms with E-state index in [1.54, 1.807) is 55.1 Å². The lowest BCUT2D eigenvalue weighted by Crippen LogP contribution is -2.19. The molecule has 4 aromatic rings. The first-order chi connectivity index (χ1) is 14.7. The molecule has 7 nitrogen and oxygen atoms in total. The molecule has 7 heteroatoms. The van der Waals surface area contributed by atoms with Crippen LogP contribution < -0.4 is 16.0 Å². The van der Waals surface area contributed by atoms with Crippen LogP contribution >= 0.6 is 0 Å². The summed E-state index contributed by atoms with van der Waals surface area (Å²) in [4.78, 5) is 27.3. The predicted molar refractivity (Wildman–Crippen MR) is 117 cm³/mol. The number of pyridine rings is 1. The first-order valence-corrected chi connectivity index (χ1v) is 9.40. The smallest absolute Gasteiger partial charge is 0.255 e. The van der Waals surface area contributed by atoms with Gasteiger partial charge < -0.3 is 16.0 Å². The first kappa shape index (κ1) is 19.1. The molecule has 0 atom stereocenters. The van der Waals surface area contributed by atoms with Crippen molar-refractivity contribution in [3.63, 3.8) is 0 Å². The van der Waals surface area contributed by atoms with Crippen molar-refractivity contribution in [1.29, 1.82) is 0 Å². The number of carbonyl (C=O) groups excluding carboxylic acids is 1. The summed E-state index contributed by atoms with van der Waals surface area (Å²) in [5.74, 6) is 0.377. The second kappa shape index (κ2) is 8.83. The van der Waals surface area contributed by atoms with E-state index in [9.17, 15) is 4.79 Å². The second-order valence-corrected chi connectivity index (χ2v) is 6.58. The SMILES string of the molecule is Nc1ccccc1NC(=O)c1ccc(CN(c2ccncc2)c2ncccn2)cc1. The molecule has 3 N–H and O–H groups in total. The quantitative estimate of drug-likeness (QED) is 0.477. The van der Waals surface area contributed by atoms with Crippen LogP contribution in [0.25, 0.3) is 0 Å². The van der Waals surface area contributed by atoms with Crippen LogP contribution in [-0.4, -0.2) is 20.9 Å². The minimum absolute atomic E-state index is 0.211. The molecule has 0 aliphatic rings. The van der Waals surface area contributed by atoms with Crippen LogP contribution in [0, 0.1) is 0 Å². The number of rotatable bonds is 6. The molecular weight excluding hydrogens is 376 g/mol. The van der Waals surface area contributed by atoms with E-state index < -0.39 is 0 Å². The van der Waals surface area contributed by atoms with Gasteiger partial charge in [0.25, 0.3) is 5.91 Å². The average Bonchev–Trinajstić information content (AvgIpc) is 2.80. The Bertz CT molecular complexity index is 1080. The van der Waals surface area contributed by atoms with Gasteiger partial charge in [-0.3, -0.25) is 9.78 Å². The zero-order valence-corrected chi connectivity index (χ0v) is 16.1. The molecule has 2 aromatic heterocycles. The number of nitrogens with zero attached hydrogens (tertiary/aromatic N) is 4. The Morgan fingerprint density at radius 2 is 1.57 bits per heavy atom. The molecule has 0 unspecified atom stereocenters. The van der Waals surface area contributed by atoms with E-state index in [-0.39, 0.29) is 5.91 Å². The standard InChI is InChI=1S/C23H20N6O/c24-20-4-1-2-5-21(20)28-22(30)18-8-6-17(7-9-18)16-29(19-10-14-25-15-11-19)23-26-12-3-13-27-23/h1-15H,16,24H2,(H,28,30). The Labute approximate surface area is 174 Å². The number of aromatic nitrogens is 3. The summed E-state index contributed by atoms with van der Waals surface area (Å²) < 4.78 is 0. The van der Waals surface area contributed by atoms with Crippen molar-refractivity contribution >= 4 is 28.9 Å². The Hall–Kier alpha value is -4.26. The van der Waals surface area contributed by atoms with Crippen molar-refractivity contribution in [2.45, 2.75) is 6.54 Å². The molecule has 0 spiro atoms. The van der Waals surface area contributed by atoms with Gasteiger partial charge in [-0.2, -0.15) is 0 Å². The molecule has 0 radical (unpaired) electrons. The number of nitrogens with one attached hydrogen (secondary N) is 1. The van der Waals surface area contributed by atoms with Gasteiger partial charge in [0.15, 0.2) is 0 Å². The zero-order valence-electron chi connectivity index (χ0n) is 16.1. The number of hydrogen-bond donors (Lipinski definition) is 2. The normalized spacial score (nSPS) is 10.4. The van der Waals surface area contributed by atoms with Gasteiger partial charge in [0.1, 0.15) is 0 Å². The summed E-state index contributed by atoms with van der Waals surface area (Å²) in [6, 6.07) is 20.2. The molecule has 2 heterocycles. The Kier molecular flexibility index (Phi) is 5.61. The van der Waals surface area contributed by atoms with Crippen LogP contribution in [0.4, 0.5) is 23.0 Å². The highest BCUT2D eigenvalue weighted by atomic mass is 16.1. The molecule has 0 fully saturated rings. The third-order valence-corrected chi connectivity index (χ3v) is 4.53. The maximum Gasteiger partial charge on any atom is 0.255 e. The summed E-state index contributed by atoms with van der Waals surface area (Å²) >= 11 is 0. The van der Waals surface area contributed by atoms with Gasteiger partial charge in [-0.1, -0.05) is 24.3 Å². The summed E-state index contributed by atoms with van der Waals surface area (Å²) in [7, 11) is 0. The van der Waals surface area contributed by atoms with Crippen LogP contribution in [0.3, 0.4) is 0 Å². The Balaban J connectivity index is 1.53. The number of hydrogen-bond acceptors (Lipinski definition) is 6. The van der Waals surface area contributed by atoms with E-state index in [1.807, 2.05) is 41.3 Å². The lowest BCUT2D eigenvalue weighted by molar-refractivity contribution is 0.102. The van der Waals surface area contributed by atoms with Crippen LogP contribution in [0.15, 0.2) is 91.5 Å². The highest BCUT2D eigenvalue weighted by Crippen LogP contribution is 2.24. The number of amides is 1. The molecular formula is C23H20N6O. The predicted octanol–water partition coefficient (Wildman–Crippen LogP) is 4.04. The van der Waals surface area contributed by atoms with Crippen molar-refractivity contribution in [2.75, 3.05) is 16.0 Å². The van der Waals surface area contributed by atoms with Gasteiger partial charge in [-0.25, -0.2) is 9.97 Å². The minimum atomic E-state index is -0.211. The fraction of sp³-hybridized carbons (Fsp3) is 0.0435. The maximum atomic E-state index is 12.5. The lowest BCUT2D eigenvalue weighted by Gasteiger charge is -2.22. The van der Waals surface area contributed by atoms with Gasteiger partial charge in [0, 0.05) is 36.0 Å². The third-order valence-electron chi connectivity index (χ3n) is 4.53. The lowest BCUT2D eigenvalue weighted by atomic mass is 10.1. The molecule has 0 saturated carbocycles. The number of nitrogens with two attached hydrogens (primary N) is 1. The summed E-state index contributed by atoms with van der Waals surface area (Å²) in [5, 5.41) is 2.84. The van der Waals surface area contributed by atoms with Crippen LogP contribution in [0.2, 0.25) is 0 Å². The van der Waals surface area contributed by atoms with E-state index in [0.29, 0.717) is 29.4 Å². The average molecular weight is 396 g/mol. The van der Waals surface area contributed by atoms with Crippen molar-refractivity contribution in [2.24, 2.45) is 0 Å². The van der Waals surface area contributed by atoms with Gasteiger partial charge in [-0.05, 0) is 48.0 Å². The van der Waals surface area contributed by atoms with Crippen molar-refractivity contribution in [1.82, 2.24) is 15.0 Å². The molecule has 0 bridgehead atoms. The van der Waals surface area contributed by atoms with Crippen LogP contribution in [0.5, 0.6) is 0 Å². The van der Waals surface area contributed by atoms with Gasteiger partial charge in [0.05, 0.1) is 17.9 Å². The van der Waals surface area contributed by atoms with Crippen LogP contribution in [0.1, 0.15) is 15.9 Å². The highest BCUT2D eigenvalue weighted by Gasteiger charge is 2.13. The van der Waals surface area contributed by atoms with Crippen molar-refractivity contribution in [3.8, 4) is 0 Å². The second-order valence-electron chi connectivity index (χ2n) is 6.58. The number of carbonyl (C=O) groups is 1. The minimum Gasteiger partial charge on any atom is -0.397 e. The highest BCUT2D eigenvalue weighted by molar-refractivity contribution is 6.05. The molecule has 30 heavy (non-hydrogen) atoms. The Morgan fingerprint density at radius 3 is 2.27 bits per heavy atom. The molecule has 0 aliphatic carbocycles. The van der Waals surface area contributed by atoms with Gasteiger partial charge in [-0.15, -0.1) is 0 Å². The molecule has 4 rings (SSSR count). The molecule has 1 amide bonds. The number of nitrogen functional groups attached to an aromatic ring is 1. The zero-order chi connectivity index (χ0) is 20.8. The number of benzene rings is 2. The topological polar surface area (TPSA) is 97.0 Å². The Morgan fingerprint density at radius 1 is 0.867 bits per heavy atom. The molecule has 0 saturated heterocycles. The fourth-order valence-electron chi connectivity index (χ4n) is 2.98. The maximum absolute atomic E-state index is 12.5. The largest absolute Gasteiger partial charge is 0.397 e. The van der Waals surface area contributed by atoms with Crippen molar-refractivity contribution in [3.05, 3.63) is 103 Å². The summed E-state index contributed by atoms with van der Waals surface area (Å²) in [5.41, 5.74) is 9.51. The fourth-order valence-corrected chi connectivity index (χ4v) is 2.98. The first-order valence-electron chi connectivity index (χ1n) is 9.40. The van der Waals surface area contributed by atoms with Gasteiger partial charge >= 0.3 is 0 Å². The van der Waals surface area contributed by atoms with Gasteiger partial charge in [0.2, 0.25) is 5.95 Å².